The number of thiophene rings is 1. The van der Waals surface area contributed by atoms with E-state index in [0.717, 1.165) is 11.3 Å². The van der Waals surface area contributed by atoms with Crippen molar-refractivity contribution in [3.05, 3.63) is 22.4 Å². The van der Waals surface area contributed by atoms with Gasteiger partial charge in [0.05, 0.1) is 4.88 Å². The topological polar surface area (TPSA) is 17.1 Å². The van der Waals surface area contributed by atoms with Crippen molar-refractivity contribution < 1.29 is 4.79 Å². The zero-order valence-electron chi connectivity index (χ0n) is 6.95. The van der Waals surface area contributed by atoms with E-state index in [9.17, 15) is 4.79 Å². The van der Waals surface area contributed by atoms with E-state index in [2.05, 4.69) is 0 Å². The molecule has 0 aromatic carbocycles. The molecule has 1 aromatic heterocycles. The Balaban J connectivity index is 1.92. The number of carbonyl (C=O) groups excluding carboxylic acids is 1. The molecule has 0 amide bonds. The van der Waals surface area contributed by atoms with E-state index in [1.54, 1.807) is 11.3 Å². The highest BCUT2D eigenvalue weighted by Crippen LogP contribution is 2.30. The van der Waals surface area contributed by atoms with E-state index < -0.39 is 0 Å². The fourth-order valence-corrected chi connectivity index (χ4v) is 2.17. The van der Waals surface area contributed by atoms with Crippen molar-refractivity contribution in [1.82, 2.24) is 0 Å². The normalized spacial score (nSPS) is 17.3. The van der Waals surface area contributed by atoms with Crippen LogP contribution in [0, 0.1) is 5.92 Å². The highest BCUT2D eigenvalue weighted by molar-refractivity contribution is 7.12. The van der Waals surface area contributed by atoms with Crippen molar-refractivity contribution >= 4 is 17.1 Å². The fourth-order valence-electron chi connectivity index (χ4n) is 1.50. The molecule has 2 heteroatoms. The average Bonchev–Trinajstić information content (AvgIpc) is 2.47. The first-order chi connectivity index (χ1) is 5.86. The van der Waals surface area contributed by atoms with Crippen LogP contribution in [-0.4, -0.2) is 5.78 Å². The Morgan fingerprint density at radius 3 is 2.92 bits per heavy atom. The second-order valence-corrected chi connectivity index (χ2v) is 4.35. The Labute approximate surface area is 76.4 Å². The molecule has 0 spiro atoms. The van der Waals surface area contributed by atoms with Gasteiger partial charge in [-0.15, -0.1) is 11.3 Å². The van der Waals surface area contributed by atoms with Gasteiger partial charge < -0.3 is 0 Å². The van der Waals surface area contributed by atoms with Crippen LogP contribution in [0.5, 0.6) is 0 Å². The summed E-state index contributed by atoms with van der Waals surface area (Å²) in [4.78, 5) is 12.5. The maximum Gasteiger partial charge on any atom is 0.173 e. The molecule has 0 radical (unpaired) electrons. The van der Waals surface area contributed by atoms with Crippen LogP contribution in [0.15, 0.2) is 17.5 Å². The first-order valence-corrected chi connectivity index (χ1v) is 5.31. The summed E-state index contributed by atoms with van der Waals surface area (Å²) in [5.74, 6) is 1.04. The minimum absolute atomic E-state index is 0.342. The maximum absolute atomic E-state index is 11.5. The van der Waals surface area contributed by atoms with Crippen LogP contribution in [0.3, 0.4) is 0 Å². The molecule has 0 bridgehead atoms. The molecule has 1 aliphatic carbocycles. The number of hydrogen-bond acceptors (Lipinski definition) is 2. The third-order valence-electron chi connectivity index (χ3n) is 2.49. The number of Topliss-reactive ketones (excluding diaryl/α,β-unsaturated/α-hetero) is 1. The fraction of sp³-hybridized carbons (Fsp3) is 0.500. The van der Waals surface area contributed by atoms with Gasteiger partial charge in [0.15, 0.2) is 5.78 Å². The lowest BCUT2D eigenvalue weighted by atomic mass is 9.82. The molecule has 0 N–H and O–H groups in total. The summed E-state index contributed by atoms with van der Waals surface area (Å²) in [5.41, 5.74) is 0. The molecule has 1 heterocycles. The molecule has 0 saturated heterocycles. The minimum atomic E-state index is 0.342. The molecule has 12 heavy (non-hydrogen) atoms. The minimum Gasteiger partial charge on any atom is -0.293 e. The lowest BCUT2D eigenvalue weighted by Crippen LogP contribution is -2.15. The smallest absolute Gasteiger partial charge is 0.173 e. The summed E-state index contributed by atoms with van der Waals surface area (Å²) in [6, 6.07) is 3.87. The van der Waals surface area contributed by atoms with Gasteiger partial charge in [-0.05, 0) is 17.4 Å². The van der Waals surface area contributed by atoms with Crippen LogP contribution in [0.25, 0.3) is 0 Å². The summed E-state index contributed by atoms with van der Waals surface area (Å²) >= 11 is 1.56. The van der Waals surface area contributed by atoms with Crippen molar-refractivity contribution in [1.29, 1.82) is 0 Å². The first kappa shape index (κ1) is 7.99. The molecule has 0 atom stereocenters. The standard InChI is InChI=1S/C10H12OS/c11-9(7-8-3-1-4-8)10-5-2-6-12-10/h2,5-6,8H,1,3-4,7H2. The highest BCUT2D eigenvalue weighted by atomic mass is 32.1. The average molecular weight is 180 g/mol. The zero-order valence-corrected chi connectivity index (χ0v) is 7.77. The van der Waals surface area contributed by atoms with E-state index in [1.165, 1.54) is 19.3 Å². The molecular formula is C10H12OS. The van der Waals surface area contributed by atoms with E-state index in [4.69, 9.17) is 0 Å². The molecule has 0 aliphatic heterocycles. The van der Waals surface area contributed by atoms with Crippen molar-refractivity contribution in [2.75, 3.05) is 0 Å². The maximum atomic E-state index is 11.5. The van der Waals surface area contributed by atoms with E-state index >= 15 is 0 Å². The highest BCUT2D eigenvalue weighted by Gasteiger charge is 2.21. The van der Waals surface area contributed by atoms with Gasteiger partial charge in [-0.2, -0.15) is 0 Å². The number of hydrogen-bond donors (Lipinski definition) is 0. The van der Waals surface area contributed by atoms with Crippen molar-refractivity contribution in [3.8, 4) is 0 Å². The molecular weight excluding hydrogens is 168 g/mol. The summed E-state index contributed by atoms with van der Waals surface area (Å²) in [7, 11) is 0. The summed E-state index contributed by atoms with van der Waals surface area (Å²) in [5, 5.41) is 1.97. The van der Waals surface area contributed by atoms with Gasteiger partial charge >= 0.3 is 0 Å². The molecule has 1 aliphatic rings. The summed E-state index contributed by atoms with van der Waals surface area (Å²) in [6.45, 7) is 0. The van der Waals surface area contributed by atoms with Crippen LogP contribution in [-0.2, 0) is 0 Å². The SMILES string of the molecule is O=C(CC1CCC1)c1cccs1. The van der Waals surface area contributed by atoms with Crippen molar-refractivity contribution in [2.45, 2.75) is 25.7 Å². The van der Waals surface area contributed by atoms with Gasteiger partial charge in [0, 0.05) is 6.42 Å². The lowest BCUT2D eigenvalue weighted by molar-refractivity contribution is 0.0940. The Morgan fingerprint density at radius 1 is 1.58 bits per heavy atom. The molecule has 1 saturated carbocycles. The van der Waals surface area contributed by atoms with E-state index in [0.29, 0.717) is 11.7 Å². The third kappa shape index (κ3) is 1.58. The number of ketones is 1. The first-order valence-electron chi connectivity index (χ1n) is 4.43. The van der Waals surface area contributed by atoms with Crippen molar-refractivity contribution in [2.24, 2.45) is 5.92 Å². The second-order valence-electron chi connectivity index (χ2n) is 3.40. The third-order valence-corrected chi connectivity index (χ3v) is 3.41. The van der Waals surface area contributed by atoms with Gasteiger partial charge in [-0.1, -0.05) is 25.3 Å². The zero-order chi connectivity index (χ0) is 8.39. The quantitative estimate of drug-likeness (QED) is 0.653. The van der Waals surface area contributed by atoms with Crippen LogP contribution in [0.4, 0.5) is 0 Å². The molecule has 1 nitrogen and oxygen atoms in total. The van der Waals surface area contributed by atoms with Crippen LogP contribution in [0.2, 0.25) is 0 Å². The Bertz CT molecular complexity index is 259. The monoisotopic (exact) mass is 180 g/mol. The predicted octanol–water partition coefficient (Wildman–Crippen LogP) is 3.12. The largest absolute Gasteiger partial charge is 0.293 e. The molecule has 1 fully saturated rings. The van der Waals surface area contributed by atoms with Gasteiger partial charge in [-0.25, -0.2) is 0 Å². The van der Waals surface area contributed by atoms with Gasteiger partial charge in [0.2, 0.25) is 0 Å². The summed E-state index contributed by atoms with van der Waals surface area (Å²) in [6.07, 6.45) is 4.62. The predicted molar refractivity (Wildman–Crippen MR) is 50.6 cm³/mol. The van der Waals surface area contributed by atoms with Crippen LogP contribution >= 0.6 is 11.3 Å². The number of carbonyl (C=O) groups is 1. The Kier molecular flexibility index (Phi) is 2.26. The lowest BCUT2D eigenvalue weighted by Gasteiger charge is -2.23. The summed E-state index contributed by atoms with van der Waals surface area (Å²) < 4.78 is 0. The van der Waals surface area contributed by atoms with Crippen molar-refractivity contribution in [3.63, 3.8) is 0 Å². The second kappa shape index (κ2) is 3.40. The molecule has 0 unspecified atom stereocenters. The molecule has 1 aromatic rings. The van der Waals surface area contributed by atoms with Crippen LogP contribution < -0.4 is 0 Å². The molecule has 2 rings (SSSR count). The van der Waals surface area contributed by atoms with E-state index in [1.807, 2.05) is 17.5 Å². The van der Waals surface area contributed by atoms with Gasteiger partial charge in [-0.3, -0.25) is 4.79 Å². The Morgan fingerprint density at radius 2 is 2.42 bits per heavy atom. The van der Waals surface area contributed by atoms with Gasteiger partial charge in [0.1, 0.15) is 0 Å². The van der Waals surface area contributed by atoms with E-state index in [-0.39, 0.29) is 0 Å². The van der Waals surface area contributed by atoms with Gasteiger partial charge in [0.25, 0.3) is 0 Å². The Hall–Kier alpha value is -0.630. The van der Waals surface area contributed by atoms with Crippen LogP contribution in [0.1, 0.15) is 35.4 Å². The number of rotatable bonds is 3. The molecule has 64 valence electrons.